The lowest BCUT2D eigenvalue weighted by Gasteiger charge is -2.38. The summed E-state index contributed by atoms with van der Waals surface area (Å²) in [6.45, 7) is -0.470. The third-order valence-corrected chi connectivity index (χ3v) is 1.95. The Bertz CT molecular complexity index is 150. The minimum absolute atomic E-state index is 0.470. The van der Waals surface area contributed by atoms with Gasteiger partial charge >= 0.3 is 0 Å². The lowest BCUT2D eigenvalue weighted by atomic mass is 9.98. The monoisotopic (exact) mass is 179 g/mol. The Kier molecular flexibility index (Phi) is 2.99. The summed E-state index contributed by atoms with van der Waals surface area (Å²) in [5.41, 5.74) is 5.26. The molecule has 0 aromatic rings. The second-order valence-corrected chi connectivity index (χ2v) is 2.81. The lowest BCUT2D eigenvalue weighted by molar-refractivity contribution is -0.248. The van der Waals surface area contributed by atoms with Crippen LogP contribution >= 0.6 is 0 Å². The van der Waals surface area contributed by atoms with E-state index in [1.807, 2.05) is 0 Å². The molecule has 12 heavy (non-hydrogen) atoms. The van der Waals surface area contributed by atoms with Crippen molar-refractivity contribution in [1.29, 1.82) is 0 Å². The molecule has 0 spiro atoms. The number of rotatable bonds is 1. The van der Waals surface area contributed by atoms with Gasteiger partial charge in [0, 0.05) is 0 Å². The summed E-state index contributed by atoms with van der Waals surface area (Å²) in [4.78, 5) is 0. The predicted octanol–water partition coefficient (Wildman–Crippen LogP) is -3.26. The Morgan fingerprint density at radius 1 is 1.17 bits per heavy atom. The summed E-state index contributed by atoms with van der Waals surface area (Å²) in [6, 6.07) is -1.04. The number of aliphatic hydroxyl groups excluding tert-OH is 4. The highest BCUT2D eigenvalue weighted by molar-refractivity contribution is 4.90. The van der Waals surface area contributed by atoms with E-state index in [0.717, 1.165) is 0 Å². The first-order valence-electron chi connectivity index (χ1n) is 3.64. The van der Waals surface area contributed by atoms with E-state index in [0.29, 0.717) is 0 Å². The van der Waals surface area contributed by atoms with E-state index in [4.69, 9.17) is 20.7 Å². The first-order valence-corrected chi connectivity index (χ1v) is 3.64. The largest absolute Gasteiger partial charge is 0.394 e. The van der Waals surface area contributed by atoms with Crippen molar-refractivity contribution < 1.29 is 25.2 Å². The van der Waals surface area contributed by atoms with Crippen LogP contribution in [0.2, 0.25) is 0 Å². The van der Waals surface area contributed by atoms with Crippen molar-refractivity contribution in [3.8, 4) is 0 Å². The van der Waals surface area contributed by atoms with Gasteiger partial charge in [0.15, 0.2) is 6.29 Å². The first kappa shape index (κ1) is 9.85. The standard InChI is InChI=1S/C6H13NO5/c7-3-5(10)4(9)2(1-8)12-6(3)11/h2-6,8-11H,1,7H2/t2?,3-,4+,5?,6+/m1/s1. The van der Waals surface area contributed by atoms with Crippen LogP contribution in [0.25, 0.3) is 0 Å². The van der Waals surface area contributed by atoms with Gasteiger partial charge in [0.2, 0.25) is 0 Å². The molecule has 0 amide bonds. The highest BCUT2D eigenvalue weighted by Gasteiger charge is 2.41. The van der Waals surface area contributed by atoms with Crippen LogP contribution in [0.5, 0.6) is 0 Å². The van der Waals surface area contributed by atoms with Crippen molar-refractivity contribution in [2.24, 2.45) is 5.73 Å². The second-order valence-electron chi connectivity index (χ2n) is 2.81. The average molecular weight is 179 g/mol. The van der Waals surface area contributed by atoms with Gasteiger partial charge in [0.1, 0.15) is 18.3 Å². The number of aliphatic hydroxyl groups is 4. The van der Waals surface area contributed by atoms with Crippen molar-refractivity contribution in [1.82, 2.24) is 0 Å². The molecule has 0 aromatic heterocycles. The number of hydrogen-bond donors (Lipinski definition) is 5. The van der Waals surface area contributed by atoms with Gasteiger partial charge in [-0.05, 0) is 0 Å². The van der Waals surface area contributed by atoms with E-state index in [1.54, 1.807) is 0 Å². The molecular formula is C6H13NO5. The zero-order valence-electron chi connectivity index (χ0n) is 6.37. The van der Waals surface area contributed by atoms with Crippen LogP contribution in [0, 0.1) is 0 Å². The quantitative estimate of drug-likeness (QED) is 0.288. The first-order chi connectivity index (χ1) is 5.57. The maximum atomic E-state index is 9.20. The molecule has 6 N–H and O–H groups in total. The molecule has 1 aliphatic rings. The van der Waals surface area contributed by atoms with E-state index in [1.165, 1.54) is 0 Å². The minimum Gasteiger partial charge on any atom is -0.394 e. The van der Waals surface area contributed by atoms with Crippen LogP contribution in [0.15, 0.2) is 0 Å². The van der Waals surface area contributed by atoms with Crippen molar-refractivity contribution in [2.45, 2.75) is 30.6 Å². The van der Waals surface area contributed by atoms with Crippen LogP contribution in [0.1, 0.15) is 0 Å². The molecule has 1 rings (SSSR count). The topological polar surface area (TPSA) is 116 Å². The highest BCUT2D eigenvalue weighted by Crippen LogP contribution is 2.17. The summed E-state index contributed by atoms with van der Waals surface area (Å²) in [6.07, 6.45) is -4.85. The second kappa shape index (κ2) is 3.65. The number of nitrogens with two attached hydrogens (primary N) is 1. The molecule has 5 atom stereocenters. The van der Waals surface area contributed by atoms with Gasteiger partial charge in [-0.15, -0.1) is 0 Å². The molecule has 0 aromatic carbocycles. The van der Waals surface area contributed by atoms with Crippen LogP contribution in [-0.2, 0) is 4.74 Å². The fourth-order valence-corrected chi connectivity index (χ4v) is 1.12. The highest BCUT2D eigenvalue weighted by atomic mass is 16.6. The van der Waals surface area contributed by atoms with Crippen molar-refractivity contribution in [3.05, 3.63) is 0 Å². The van der Waals surface area contributed by atoms with Gasteiger partial charge < -0.3 is 30.9 Å². The summed E-state index contributed by atoms with van der Waals surface area (Å²) in [7, 11) is 0. The van der Waals surface area contributed by atoms with E-state index < -0.39 is 37.3 Å². The van der Waals surface area contributed by atoms with Crippen LogP contribution in [0.4, 0.5) is 0 Å². The van der Waals surface area contributed by atoms with Gasteiger partial charge in [0.05, 0.1) is 12.6 Å². The predicted molar refractivity (Wildman–Crippen MR) is 38.0 cm³/mol. The van der Waals surface area contributed by atoms with E-state index in [2.05, 4.69) is 0 Å². The summed E-state index contributed by atoms with van der Waals surface area (Å²) in [5.74, 6) is 0. The molecule has 2 unspecified atom stereocenters. The minimum atomic E-state index is -1.35. The Morgan fingerprint density at radius 2 is 1.75 bits per heavy atom. The average Bonchev–Trinajstić information content (AvgIpc) is 2.08. The Hall–Kier alpha value is -0.240. The molecule has 0 saturated carbocycles. The summed E-state index contributed by atoms with van der Waals surface area (Å²) in [5, 5.41) is 36.1. The molecule has 72 valence electrons. The summed E-state index contributed by atoms with van der Waals surface area (Å²) >= 11 is 0. The Morgan fingerprint density at radius 3 is 2.25 bits per heavy atom. The molecule has 6 heteroatoms. The molecule has 1 heterocycles. The van der Waals surface area contributed by atoms with Gasteiger partial charge in [-0.25, -0.2) is 0 Å². The number of ether oxygens (including phenoxy) is 1. The van der Waals surface area contributed by atoms with Gasteiger partial charge in [-0.3, -0.25) is 0 Å². The maximum absolute atomic E-state index is 9.20. The van der Waals surface area contributed by atoms with Crippen molar-refractivity contribution >= 4 is 0 Å². The maximum Gasteiger partial charge on any atom is 0.173 e. The van der Waals surface area contributed by atoms with Crippen LogP contribution in [-0.4, -0.2) is 57.7 Å². The zero-order chi connectivity index (χ0) is 9.30. The van der Waals surface area contributed by atoms with Crippen molar-refractivity contribution in [3.63, 3.8) is 0 Å². The fourth-order valence-electron chi connectivity index (χ4n) is 1.12. The zero-order valence-corrected chi connectivity index (χ0v) is 6.37. The third-order valence-electron chi connectivity index (χ3n) is 1.95. The third kappa shape index (κ3) is 1.58. The van der Waals surface area contributed by atoms with E-state index in [-0.39, 0.29) is 0 Å². The normalized spacial score (nSPS) is 49.2. The Balaban J connectivity index is 2.63. The molecule has 1 aliphatic heterocycles. The van der Waals surface area contributed by atoms with Crippen LogP contribution < -0.4 is 5.73 Å². The van der Waals surface area contributed by atoms with Gasteiger partial charge in [-0.2, -0.15) is 0 Å². The number of hydrogen-bond acceptors (Lipinski definition) is 6. The fraction of sp³-hybridized carbons (Fsp3) is 1.00. The molecule has 6 nitrogen and oxygen atoms in total. The van der Waals surface area contributed by atoms with Gasteiger partial charge in [-0.1, -0.05) is 0 Å². The van der Waals surface area contributed by atoms with Crippen molar-refractivity contribution in [2.75, 3.05) is 6.61 Å². The SMILES string of the molecule is N[C@@H]1C(O)[C@@H](O)C(CO)O[C@@H]1O. The van der Waals surface area contributed by atoms with Gasteiger partial charge in [0.25, 0.3) is 0 Å². The van der Waals surface area contributed by atoms with E-state index >= 15 is 0 Å². The van der Waals surface area contributed by atoms with Crippen LogP contribution in [0.3, 0.4) is 0 Å². The molecule has 0 radical (unpaired) electrons. The smallest absolute Gasteiger partial charge is 0.173 e. The summed E-state index contributed by atoms with van der Waals surface area (Å²) < 4.78 is 4.70. The Labute approximate surface area is 69.2 Å². The molecule has 1 saturated heterocycles. The molecule has 0 aliphatic carbocycles. The molecular weight excluding hydrogens is 166 g/mol. The lowest BCUT2D eigenvalue weighted by Crippen LogP contribution is -2.61. The molecule has 1 fully saturated rings. The molecule has 0 bridgehead atoms. The van der Waals surface area contributed by atoms with E-state index in [9.17, 15) is 10.2 Å².